The van der Waals surface area contributed by atoms with Crippen LogP contribution in [-0.4, -0.2) is 35.4 Å². The van der Waals surface area contributed by atoms with Crippen LogP contribution >= 0.6 is 0 Å². The highest BCUT2D eigenvalue weighted by Crippen LogP contribution is 2.20. The van der Waals surface area contributed by atoms with E-state index in [2.05, 4.69) is 31.2 Å². The molecular formula is C30H34F2N8O4. The van der Waals surface area contributed by atoms with Crippen molar-refractivity contribution in [3.05, 3.63) is 95.6 Å². The lowest BCUT2D eigenvalue weighted by atomic mass is 10.2. The topological polar surface area (TPSA) is 179 Å². The van der Waals surface area contributed by atoms with Crippen molar-refractivity contribution in [2.75, 3.05) is 45.9 Å². The Bertz CT molecular complexity index is 1410. The Balaban J connectivity index is 0.000000240. The van der Waals surface area contributed by atoms with Gasteiger partial charge in [-0.15, -0.1) is 0 Å². The molecule has 0 spiro atoms. The molecule has 0 aliphatic carbocycles. The fourth-order valence-electron chi connectivity index (χ4n) is 3.50. The lowest BCUT2D eigenvalue weighted by Crippen LogP contribution is -2.15. The Morgan fingerprint density at radius 2 is 1.00 bits per heavy atom. The van der Waals surface area contributed by atoms with Crippen LogP contribution < -0.4 is 32.7 Å². The lowest BCUT2D eigenvalue weighted by Gasteiger charge is -2.10. The molecule has 44 heavy (non-hydrogen) atoms. The first-order chi connectivity index (χ1) is 21.2. The van der Waals surface area contributed by atoms with Crippen LogP contribution in [0.25, 0.3) is 0 Å². The summed E-state index contributed by atoms with van der Waals surface area (Å²) < 4.78 is 35.2. The number of anilines is 6. The maximum atomic E-state index is 12.8. The molecule has 2 aromatic carbocycles. The van der Waals surface area contributed by atoms with E-state index in [9.17, 15) is 18.4 Å². The maximum Gasteiger partial charge on any atom is 0.411 e. The number of nitrogens with one attached hydrogen (secondary N) is 4. The zero-order valence-electron chi connectivity index (χ0n) is 24.2. The number of hydrogen-bond donors (Lipinski definition) is 6. The highest BCUT2D eigenvalue weighted by atomic mass is 19.1. The van der Waals surface area contributed by atoms with Crippen molar-refractivity contribution in [1.29, 1.82) is 0 Å². The van der Waals surface area contributed by atoms with Crippen molar-refractivity contribution >= 4 is 46.8 Å². The van der Waals surface area contributed by atoms with Crippen LogP contribution in [0.3, 0.4) is 0 Å². The van der Waals surface area contributed by atoms with Gasteiger partial charge in [0.05, 0.1) is 24.6 Å². The van der Waals surface area contributed by atoms with Gasteiger partial charge in [-0.05, 0) is 73.5 Å². The third kappa shape index (κ3) is 11.0. The number of nitrogens with zero attached hydrogens (tertiary/aromatic N) is 2. The fourth-order valence-corrected chi connectivity index (χ4v) is 3.50. The SMILES string of the molecule is CCOC(=O)Nc1ccc(NCc2ccc(F)cc2)nc1N.CCOC(=O)Nc1ccc(NCc2ccc(F)cc2)nc1N. The number of pyridine rings is 2. The summed E-state index contributed by atoms with van der Waals surface area (Å²) in [5.41, 5.74) is 14.2. The predicted molar refractivity (Wildman–Crippen MR) is 166 cm³/mol. The Morgan fingerprint density at radius 1 is 0.636 bits per heavy atom. The van der Waals surface area contributed by atoms with Gasteiger partial charge in [0.1, 0.15) is 34.9 Å². The zero-order chi connectivity index (χ0) is 31.9. The van der Waals surface area contributed by atoms with E-state index < -0.39 is 12.2 Å². The molecule has 0 bridgehead atoms. The van der Waals surface area contributed by atoms with E-state index in [-0.39, 0.29) is 36.5 Å². The summed E-state index contributed by atoms with van der Waals surface area (Å²) in [5, 5.41) is 11.1. The van der Waals surface area contributed by atoms with Gasteiger partial charge >= 0.3 is 12.2 Å². The molecule has 4 aromatic rings. The smallest absolute Gasteiger partial charge is 0.411 e. The molecule has 0 unspecified atom stereocenters. The molecule has 14 heteroatoms. The Hall–Kier alpha value is -5.66. The van der Waals surface area contributed by atoms with Crippen molar-refractivity contribution in [3.8, 4) is 0 Å². The van der Waals surface area contributed by atoms with Crippen molar-refractivity contribution in [3.63, 3.8) is 0 Å². The molecule has 0 radical (unpaired) electrons. The summed E-state index contributed by atoms with van der Waals surface area (Å²) in [4.78, 5) is 30.9. The molecule has 0 saturated heterocycles. The standard InChI is InChI=1S/2C15H17FN4O2/c2*1-2-22-15(21)19-12-7-8-13(20-14(12)17)18-9-10-3-5-11(16)6-4-10/h2*3-8H,2,9H2,1H3,(H,19,21)(H3,17,18,20). The van der Waals surface area contributed by atoms with Crippen LogP contribution in [0.5, 0.6) is 0 Å². The number of amides is 2. The second kappa shape index (κ2) is 16.7. The predicted octanol–water partition coefficient (Wildman–Crippen LogP) is 5.97. The van der Waals surface area contributed by atoms with Gasteiger partial charge < -0.3 is 31.6 Å². The van der Waals surface area contributed by atoms with Crippen LogP contribution in [0, 0.1) is 11.6 Å². The average Bonchev–Trinajstić information content (AvgIpc) is 3.00. The van der Waals surface area contributed by atoms with Gasteiger partial charge in [0.25, 0.3) is 0 Å². The first-order valence-corrected chi connectivity index (χ1v) is 13.5. The maximum absolute atomic E-state index is 12.8. The van der Waals surface area contributed by atoms with E-state index in [0.29, 0.717) is 36.1 Å². The summed E-state index contributed by atoms with van der Waals surface area (Å²) in [6.07, 6.45) is -1.16. The monoisotopic (exact) mass is 608 g/mol. The molecule has 232 valence electrons. The van der Waals surface area contributed by atoms with E-state index >= 15 is 0 Å². The molecule has 4 rings (SSSR count). The van der Waals surface area contributed by atoms with Gasteiger partial charge in [-0.25, -0.2) is 28.3 Å². The summed E-state index contributed by atoms with van der Waals surface area (Å²) >= 11 is 0. The Morgan fingerprint density at radius 3 is 1.32 bits per heavy atom. The molecule has 0 aliphatic heterocycles. The van der Waals surface area contributed by atoms with Crippen LogP contribution in [0.4, 0.5) is 53.0 Å². The van der Waals surface area contributed by atoms with Gasteiger partial charge in [0.15, 0.2) is 0 Å². The number of ether oxygens (including phenoxy) is 2. The average molecular weight is 609 g/mol. The first-order valence-electron chi connectivity index (χ1n) is 13.5. The van der Waals surface area contributed by atoms with E-state index in [0.717, 1.165) is 11.1 Å². The van der Waals surface area contributed by atoms with Crippen molar-refractivity contribution in [2.24, 2.45) is 0 Å². The summed E-state index contributed by atoms with van der Waals surface area (Å²) in [6, 6.07) is 18.9. The number of nitrogens with two attached hydrogens (primary N) is 2. The number of carbonyl (C=O) groups is 2. The molecule has 0 fully saturated rings. The number of aromatic nitrogens is 2. The Labute approximate surface area is 253 Å². The van der Waals surface area contributed by atoms with E-state index in [1.54, 1.807) is 62.4 Å². The van der Waals surface area contributed by atoms with E-state index in [4.69, 9.17) is 20.9 Å². The van der Waals surface area contributed by atoms with E-state index in [1.807, 2.05) is 0 Å². The molecular weight excluding hydrogens is 574 g/mol. The second-order valence-electron chi connectivity index (χ2n) is 8.91. The third-order valence-electron chi connectivity index (χ3n) is 5.65. The first kappa shape index (κ1) is 32.8. The molecule has 12 nitrogen and oxygen atoms in total. The highest BCUT2D eigenvalue weighted by molar-refractivity contribution is 5.89. The molecule has 2 heterocycles. The van der Waals surface area contributed by atoms with Crippen LogP contribution in [-0.2, 0) is 22.6 Å². The van der Waals surface area contributed by atoms with Gasteiger partial charge in [0, 0.05) is 13.1 Å². The molecule has 0 aliphatic rings. The minimum Gasteiger partial charge on any atom is -0.450 e. The molecule has 2 aromatic heterocycles. The summed E-state index contributed by atoms with van der Waals surface area (Å²) in [6.45, 7) is 4.94. The minimum atomic E-state index is -0.581. The normalized spacial score (nSPS) is 10.1. The van der Waals surface area contributed by atoms with E-state index in [1.165, 1.54) is 24.3 Å². The van der Waals surface area contributed by atoms with Crippen LogP contribution in [0.1, 0.15) is 25.0 Å². The minimum absolute atomic E-state index is 0.178. The zero-order valence-corrected chi connectivity index (χ0v) is 24.2. The van der Waals surface area contributed by atoms with Crippen molar-refractivity contribution in [2.45, 2.75) is 26.9 Å². The number of carbonyl (C=O) groups excluding carboxylic acids is 2. The van der Waals surface area contributed by atoms with Gasteiger partial charge in [-0.2, -0.15) is 0 Å². The number of halogens is 2. The molecule has 0 atom stereocenters. The number of rotatable bonds is 10. The largest absolute Gasteiger partial charge is 0.450 e. The highest BCUT2D eigenvalue weighted by Gasteiger charge is 2.09. The summed E-state index contributed by atoms with van der Waals surface area (Å²) in [5.74, 6) is 0.905. The fraction of sp³-hybridized carbons (Fsp3) is 0.200. The van der Waals surface area contributed by atoms with Gasteiger partial charge in [0.2, 0.25) is 0 Å². The number of nitrogen functional groups attached to an aromatic ring is 2. The number of hydrogen-bond acceptors (Lipinski definition) is 10. The third-order valence-corrected chi connectivity index (χ3v) is 5.65. The van der Waals surface area contributed by atoms with Gasteiger partial charge in [-0.1, -0.05) is 24.3 Å². The number of benzene rings is 2. The Kier molecular flexibility index (Phi) is 12.5. The molecule has 2 amide bonds. The second-order valence-corrected chi connectivity index (χ2v) is 8.91. The van der Waals surface area contributed by atoms with Gasteiger partial charge in [-0.3, -0.25) is 10.6 Å². The molecule has 8 N–H and O–H groups in total. The molecule has 0 saturated carbocycles. The quantitative estimate of drug-likeness (QED) is 0.126. The lowest BCUT2D eigenvalue weighted by molar-refractivity contribution is 0.167. The summed E-state index contributed by atoms with van der Waals surface area (Å²) in [7, 11) is 0. The van der Waals surface area contributed by atoms with Crippen LogP contribution in [0.2, 0.25) is 0 Å². The van der Waals surface area contributed by atoms with Crippen molar-refractivity contribution < 1.29 is 27.8 Å². The van der Waals surface area contributed by atoms with Crippen molar-refractivity contribution in [1.82, 2.24) is 9.97 Å². The van der Waals surface area contributed by atoms with Crippen LogP contribution in [0.15, 0.2) is 72.8 Å².